The number of methoxy groups -OCH3 is 1. The van der Waals surface area contributed by atoms with Crippen molar-refractivity contribution in [2.75, 3.05) is 7.11 Å². The lowest BCUT2D eigenvalue weighted by Crippen LogP contribution is -2.29. The van der Waals surface area contributed by atoms with Gasteiger partial charge in [-0.05, 0) is 38.8 Å². The van der Waals surface area contributed by atoms with E-state index in [1.807, 2.05) is 45.2 Å². The molecule has 0 spiro atoms. The number of carbonyl (C=O) groups is 1. The van der Waals surface area contributed by atoms with Gasteiger partial charge in [0.15, 0.2) is 0 Å². The Morgan fingerprint density at radius 2 is 2.14 bits per heavy atom. The fourth-order valence-electron chi connectivity index (χ4n) is 2.04. The number of aliphatic hydroxyl groups excluding tert-OH is 1. The van der Waals surface area contributed by atoms with Gasteiger partial charge >= 0.3 is 5.97 Å². The predicted molar refractivity (Wildman–Crippen MR) is 82.4 cm³/mol. The summed E-state index contributed by atoms with van der Waals surface area (Å²) in [6.07, 6.45) is 7.78. The maximum absolute atomic E-state index is 11.7. The summed E-state index contributed by atoms with van der Waals surface area (Å²) in [5.74, 6) is -0.889. The van der Waals surface area contributed by atoms with E-state index < -0.39 is 12.0 Å². The lowest BCUT2D eigenvalue weighted by molar-refractivity contribution is -0.149. The van der Waals surface area contributed by atoms with Crippen LogP contribution in [0.4, 0.5) is 0 Å². The summed E-state index contributed by atoms with van der Waals surface area (Å²) in [6.45, 7) is 5.74. The van der Waals surface area contributed by atoms with Crippen LogP contribution in [0.3, 0.4) is 0 Å². The van der Waals surface area contributed by atoms with E-state index in [-0.39, 0.29) is 5.97 Å². The molecule has 0 aliphatic rings. The highest BCUT2D eigenvalue weighted by molar-refractivity contribution is 5.73. The van der Waals surface area contributed by atoms with Crippen molar-refractivity contribution in [2.45, 2.75) is 39.7 Å². The van der Waals surface area contributed by atoms with Gasteiger partial charge in [0.25, 0.3) is 0 Å². The van der Waals surface area contributed by atoms with E-state index in [2.05, 4.69) is 5.10 Å². The Balaban J connectivity index is 2.77. The lowest BCUT2D eigenvalue weighted by Gasteiger charge is -2.19. The average Bonchev–Trinajstić information content (AvgIpc) is 3.03. The first-order valence-corrected chi connectivity index (χ1v) is 7.09. The maximum Gasteiger partial charge on any atom is 0.311 e. The maximum atomic E-state index is 11.7. The van der Waals surface area contributed by atoms with E-state index in [9.17, 15) is 9.90 Å². The number of aliphatic hydroxyl groups is 1. The smallest absolute Gasteiger partial charge is 0.311 e. The number of hydrogen-bond acceptors (Lipinski definition) is 4. The zero-order chi connectivity index (χ0) is 15.8. The molecule has 2 atom stereocenters. The van der Waals surface area contributed by atoms with E-state index in [4.69, 9.17) is 4.74 Å². The molecule has 5 nitrogen and oxygen atoms in total. The van der Waals surface area contributed by atoms with Crippen LogP contribution in [0, 0.1) is 5.92 Å². The molecular weight excluding hydrogens is 268 g/mol. The van der Waals surface area contributed by atoms with Crippen molar-refractivity contribution in [2.24, 2.45) is 5.92 Å². The van der Waals surface area contributed by atoms with Crippen LogP contribution in [0.5, 0.6) is 0 Å². The third-order valence-corrected chi connectivity index (χ3v) is 3.40. The van der Waals surface area contributed by atoms with Gasteiger partial charge in [0.1, 0.15) is 0 Å². The van der Waals surface area contributed by atoms with Gasteiger partial charge in [-0.25, -0.2) is 4.68 Å². The Kier molecular flexibility index (Phi) is 6.88. The zero-order valence-electron chi connectivity index (χ0n) is 13.1. The Bertz CT molecular complexity index is 504. The Morgan fingerprint density at radius 1 is 1.43 bits per heavy atom. The van der Waals surface area contributed by atoms with Crippen LogP contribution in [0.2, 0.25) is 0 Å². The third kappa shape index (κ3) is 5.19. The molecular formula is C16H24N2O3. The van der Waals surface area contributed by atoms with Crippen LogP contribution in [0.15, 0.2) is 36.2 Å². The van der Waals surface area contributed by atoms with Gasteiger partial charge in [-0.15, -0.1) is 0 Å². The number of hydrogen-bond donors (Lipinski definition) is 1. The predicted octanol–water partition coefficient (Wildman–Crippen LogP) is 2.64. The number of rotatable bonds is 7. The average molecular weight is 292 g/mol. The summed E-state index contributed by atoms with van der Waals surface area (Å²) in [5, 5.41) is 14.1. The molecule has 1 heterocycles. The van der Waals surface area contributed by atoms with E-state index in [1.165, 1.54) is 7.11 Å². The molecule has 1 rings (SSSR count). The molecule has 0 aliphatic carbocycles. The summed E-state index contributed by atoms with van der Waals surface area (Å²) < 4.78 is 6.53. The molecule has 0 saturated carbocycles. The van der Waals surface area contributed by atoms with Gasteiger partial charge in [0.2, 0.25) is 0 Å². The fraction of sp³-hybridized carbons (Fsp3) is 0.500. The van der Waals surface area contributed by atoms with Crippen molar-refractivity contribution < 1.29 is 14.6 Å². The standard InChI is InChI=1S/C16H24N2O3/c1-5-15(19)14(16(20)21-4)11-12(2)7-8-13(3)18-10-6-9-17-18/h6-10,14-15,19H,5,11H2,1-4H3/b12-7+,13-8+. The van der Waals surface area contributed by atoms with Crippen LogP contribution in [0.25, 0.3) is 5.70 Å². The van der Waals surface area contributed by atoms with Gasteiger partial charge in [-0.2, -0.15) is 5.10 Å². The first kappa shape index (κ1) is 17.2. The molecule has 0 bridgehead atoms. The van der Waals surface area contributed by atoms with Crippen molar-refractivity contribution in [3.63, 3.8) is 0 Å². The van der Waals surface area contributed by atoms with Crippen molar-refractivity contribution >= 4 is 11.7 Å². The summed E-state index contributed by atoms with van der Waals surface area (Å²) >= 11 is 0. The molecule has 21 heavy (non-hydrogen) atoms. The fourth-order valence-corrected chi connectivity index (χ4v) is 2.04. The SMILES string of the molecule is CCC(O)C(C/C(C)=C/C=C(\C)n1cccn1)C(=O)OC. The van der Waals surface area contributed by atoms with Crippen LogP contribution in [-0.4, -0.2) is 34.1 Å². The van der Waals surface area contributed by atoms with Crippen molar-refractivity contribution in [1.82, 2.24) is 9.78 Å². The van der Waals surface area contributed by atoms with Gasteiger partial charge in [0, 0.05) is 18.1 Å². The monoisotopic (exact) mass is 292 g/mol. The molecule has 116 valence electrons. The van der Waals surface area contributed by atoms with Crippen molar-refractivity contribution in [3.8, 4) is 0 Å². The molecule has 5 heteroatoms. The molecule has 2 unspecified atom stereocenters. The molecule has 1 aromatic rings. The second-order valence-corrected chi connectivity index (χ2v) is 5.08. The largest absolute Gasteiger partial charge is 0.469 e. The number of esters is 1. The summed E-state index contributed by atoms with van der Waals surface area (Å²) in [5.41, 5.74) is 1.98. The van der Waals surface area contributed by atoms with Gasteiger partial charge in [0.05, 0.1) is 19.1 Å². The number of ether oxygens (including phenoxy) is 1. The molecule has 0 aliphatic heterocycles. The first-order valence-electron chi connectivity index (χ1n) is 7.09. The Labute approximate surface area is 125 Å². The highest BCUT2D eigenvalue weighted by Crippen LogP contribution is 2.19. The molecule has 0 radical (unpaired) electrons. The van der Waals surface area contributed by atoms with Crippen LogP contribution < -0.4 is 0 Å². The topological polar surface area (TPSA) is 64.3 Å². The number of carbonyl (C=O) groups excluding carboxylic acids is 1. The normalized spacial score (nSPS) is 15.7. The first-order chi connectivity index (χ1) is 9.99. The minimum absolute atomic E-state index is 0.370. The highest BCUT2D eigenvalue weighted by Gasteiger charge is 2.26. The van der Waals surface area contributed by atoms with Crippen LogP contribution >= 0.6 is 0 Å². The number of aromatic nitrogens is 2. The summed E-state index contributed by atoms with van der Waals surface area (Å²) in [6, 6.07) is 1.86. The molecule has 0 fully saturated rings. The van der Waals surface area contributed by atoms with Crippen LogP contribution in [-0.2, 0) is 9.53 Å². The minimum atomic E-state index is -0.683. The number of nitrogens with zero attached hydrogens (tertiary/aromatic N) is 2. The Hall–Kier alpha value is -1.88. The number of allylic oxidation sites excluding steroid dienone is 4. The lowest BCUT2D eigenvalue weighted by atomic mass is 9.93. The van der Waals surface area contributed by atoms with Crippen LogP contribution in [0.1, 0.15) is 33.6 Å². The van der Waals surface area contributed by atoms with Gasteiger partial charge < -0.3 is 9.84 Å². The quantitative estimate of drug-likeness (QED) is 0.620. The van der Waals surface area contributed by atoms with Crippen molar-refractivity contribution in [1.29, 1.82) is 0 Å². The summed E-state index contributed by atoms with van der Waals surface area (Å²) in [4.78, 5) is 11.7. The second-order valence-electron chi connectivity index (χ2n) is 5.08. The molecule has 0 amide bonds. The third-order valence-electron chi connectivity index (χ3n) is 3.40. The highest BCUT2D eigenvalue weighted by atomic mass is 16.5. The van der Waals surface area contributed by atoms with E-state index in [1.54, 1.807) is 10.9 Å². The second kappa shape index (κ2) is 8.42. The zero-order valence-corrected chi connectivity index (χ0v) is 13.1. The molecule has 0 aromatic carbocycles. The van der Waals surface area contributed by atoms with Gasteiger partial charge in [-0.3, -0.25) is 4.79 Å². The van der Waals surface area contributed by atoms with Crippen molar-refractivity contribution in [3.05, 3.63) is 36.2 Å². The molecule has 1 N–H and O–H groups in total. The Morgan fingerprint density at radius 3 is 2.67 bits per heavy atom. The molecule has 1 aromatic heterocycles. The summed E-state index contributed by atoms with van der Waals surface area (Å²) in [7, 11) is 1.35. The van der Waals surface area contributed by atoms with E-state index >= 15 is 0 Å². The van der Waals surface area contributed by atoms with E-state index in [0.29, 0.717) is 12.8 Å². The molecule has 0 saturated heterocycles. The van der Waals surface area contributed by atoms with E-state index in [0.717, 1.165) is 11.3 Å². The minimum Gasteiger partial charge on any atom is -0.469 e. The van der Waals surface area contributed by atoms with Gasteiger partial charge in [-0.1, -0.05) is 18.6 Å².